The Kier molecular flexibility index (Phi) is 5.24. The molecule has 1 amide bonds. The molecule has 0 aliphatic rings. The van der Waals surface area contributed by atoms with Crippen molar-refractivity contribution in [3.05, 3.63) is 108 Å². The fraction of sp³-hybridized carbons (Fsp3) is 0.0870. The van der Waals surface area contributed by atoms with E-state index in [4.69, 9.17) is 4.42 Å². The van der Waals surface area contributed by atoms with Gasteiger partial charge in [-0.2, -0.15) is 0 Å². The normalized spacial score (nSPS) is 11.7. The van der Waals surface area contributed by atoms with Crippen LogP contribution in [0.5, 0.6) is 0 Å². The number of amides is 1. The van der Waals surface area contributed by atoms with Crippen LogP contribution in [0, 0.1) is 0 Å². The Morgan fingerprint density at radius 1 is 0.821 bits per heavy atom. The van der Waals surface area contributed by atoms with Crippen LogP contribution in [0.15, 0.2) is 95.4 Å². The number of carbonyl (C=O) groups is 1. The Bertz CT molecular complexity index is 1030. The number of carbonyl (C=O) groups excluding carboxylic acids is 1. The van der Waals surface area contributed by atoms with Crippen molar-refractivity contribution >= 4 is 5.91 Å². The first kappa shape index (κ1) is 17.7. The van der Waals surface area contributed by atoms with Crippen LogP contribution >= 0.6 is 0 Å². The van der Waals surface area contributed by atoms with Crippen LogP contribution in [-0.4, -0.2) is 16.1 Å². The number of rotatable bonds is 6. The molecule has 138 valence electrons. The maximum atomic E-state index is 12.6. The monoisotopic (exact) mass is 369 g/mol. The molecule has 1 unspecified atom stereocenters. The Hall–Kier alpha value is -3.73. The molecule has 5 nitrogen and oxygen atoms in total. The second-order valence-electron chi connectivity index (χ2n) is 6.39. The predicted molar refractivity (Wildman–Crippen MR) is 106 cm³/mol. The Morgan fingerprint density at radius 2 is 1.43 bits per heavy atom. The summed E-state index contributed by atoms with van der Waals surface area (Å²) >= 11 is 0. The minimum absolute atomic E-state index is 0.112. The van der Waals surface area contributed by atoms with E-state index < -0.39 is 6.04 Å². The van der Waals surface area contributed by atoms with Crippen LogP contribution < -0.4 is 5.32 Å². The van der Waals surface area contributed by atoms with Crippen LogP contribution in [0.2, 0.25) is 0 Å². The molecule has 1 aromatic heterocycles. The number of nitrogens with one attached hydrogen (secondary N) is 1. The van der Waals surface area contributed by atoms with Crippen molar-refractivity contribution in [3.63, 3.8) is 0 Å². The molecule has 1 N–H and O–H groups in total. The summed E-state index contributed by atoms with van der Waals surface area (Å²) in [6, 6.07) is 28.3. The molecule has 1 atom stereocenters. The lowest BCUT2D eigenvalue weighted by atomic mass is 10.1. The fourth-order valence-corrected chi connectivity index (χ4v) is 2.98. The van der Waals surface area contributed by atoms with Gasteiger partial charge in [-0.1, -0.05) is 78.9 Å². The fourth-order valence-electron chi connectivity index (χ4n) is 2.98. The van der Waals surface area contributed by atoms with E-state index in [-0.39, 0.29) is 12.3 Å². The van der Waals surface area contributed by atoms with E-state index in [1.165, 1.54) is 0 Å². The van der Waals surface area contributed by atoms with Gasteiger partial charge in [0.25, 0.3) is 0 Å². The number of aromatic nitrogens is 2. The summed E-state index contributed by atoms with van der Waals surface area (Å²) in [7, 11) is 0. The van der Waals surface area contributed by atoms with Crippen molar-refractivity contribution in [2.75, 3.05) is 0 Å². The SMILES string of the molecule is O=C(Cc1ccccc1)NC(c1ccccc1)c1nnc(-c2ccccc2)o1. The molecular weight excluding hydrogens is 350 g/mol. The molecule has 28 heavy (non-hydrogen) atoms. The first-order valence-corrected chi connectivity index (χ1v) is 9.06. The number of hydrogen-bond donors (Lipinski definition) is 1. The maximum absolute atomic E-state index is 12.6. The molecule has 0 aliphatic carbocycles. The highest BCUT2D eigenvalue weighted by atomic mass is 16.4. The third-order valence-corrected chi connectivity index (χ3v) is 4.35. The van der Waals surface area contributed by atoms with Crippen molar-refractivity contribution < 1.29 is 9.21 Å². The molecule has 4 aromatic rings. The zero-order valence-electron chi connectivity index (χ0n) is 15.2. The molecule has 3 aromatic carbocycles. The summed E-state index contributed by atoms with van der Waals surface area (Å²) in [4.78, 5) is 12.6. The third kappa shape index (κ3) is 4.15. The smallest absolute Gasteiger partial charge is 0.247 e. The van der Waals surface area contributed by atoms with Gasteiger partial charge in [-0.3, -0.25) is 4.79 Å². The van der Waals surface area contributed by atoms with E-state index in [1.54, 1.807) is 0 Å². The van der Waals surface area contributed by atoms with Crippen molar-refractivity contribution in [1.29, 1.82) is 0 Å². The van der Waals surface area contributed by atoms with Gasteiger partial charge in [0.1, 0.15) is 6.04 Å². The first-order valence-electron chi connectivity index (χ1n) is 9.06. The first-order chi connectivity index (χ1) is 13.8. The molecule has 0 aliphatic heterocycles. The molecule has 1 heterocycles. The molecule has 0 saturated heterocycles. The van der Waals surface area contributed by atoms with Crippen molar-refractivity contribution in [2.24, 2.45) is 0 Å². The minimum atomic E-state index is -0.512. The number of hydrogen-bond acceptors (Lipinski definition) is 4. The van der Waals surface area contributed by atoms with E-state index in [0.717, 1.165) is 16.7 Å². The lowest BCUT2D eigenvalue weighted by molar-refractivity contribution is -0.121. The molecule has 4 rings (SSSR count). The number of nitrogens with zero attached hydrogens (tertiary/aromatic N) is 2. The quantitative estimate of drug-likeness (QED) is 0.553. The predicted octanol–water partition coefficient (Wildman–Crippen LogP) is 4.18. The summed E-state index contributed by atoms with van der Waals surface area (Å²) < 4.78 is 5.90. The van der Waals surface area contributed by atoms with Crippen LogP contribution in [0.4, 0.5) is 0 Å². The summed E-state index contributed by atoms with van der Waals surface area (Å²) in [5.41, 5.74) is 2.66. The standard InChI is InChI=1S/C23H19N3O2/c27-20(16-17-10-4-1-5-11-17)24-21(18-12-6-2-7-13-18)23-26-25-22(28-23)19-14-8-3-9-15-19/h1-15,21H,16H2,(H,24,27). The van der Waals surface area contributed by atoms with E-state index in [9.17, 15) is 4.79 Å². The number of benzene rings is 3. The minimum Gasteiger partial charge on any atom is -0.418 e. The Balaban J connectivity index is 1.60. The van der Waals surface area contributed by atoms with Gasteiger partial charge in [0.2, 0.25) is 17.7 Å². The van der Waals surface area contributed by atoms with Crippen LogP contribution in [0.3, 0.4) is 0 Å². The van der Waals surface area contributed by atoms with Gasteiger partial charge >= 0.3 is 0 Å². The van der Waals surface area contributed by atoms with Gasteiger partial charge in [0, 0.05) is 5.56 Å². The average Bonchev–Trinajstić information content (AvgIpc) is 3.24. The summed E-state index contributed by atoms with van der Waals surface area (Å²) in [6.45, 7) is 0. The van der Waals surface area contributed by atoms with Crippen LogP contribution in [-0.2, 0) is 11.2 Å². The van der Waals surface area contributed by atoms with Gasteiger partial charge < -0.3 is 9.73 Å². The van der Waals surface area contributed by atoms with Gasteiger partial charge in [-0.05, 0) is 23.3 Å². The zero-order chi connectivity index (χ0) is 19.2. The lowest BCUT2D eigenvalue weighted by Crippen LogP contribution is -2.30. The third-order valence-electron chi connectivity index (χ3n) is 4.35. The largest absolute Gasteiger partial charge is 0.418 e. The highest BCUT2D eigenvalue weighted by Crippen LogP contribution is 2.25. The van der Waals surface area contributed by atoms with Crippen LogP contribution in [0.25, 0.3) is 11.5 Å². The zero-order valence-corrected chi connectivity index (χ0v) is 15.2. The molecule has 0 spiro atoms. The Morgan fingerprint density at radius 3 is 2.11 bits per heavy atom. The van der Waals surface area contributed by atoms with Crippen molar-refractivity contribution in [1.82, 2.24) is 15.5 Å². The molecule has 5 heteroatoms. The van der Waals surface area contributed by atoms with E-state index in [0.29, 0.717) is 11.8 Å². The van der Waals surface area contributed by atoms with Gasteiger partial charge in [0.05, 0.1) is 6.42 Å². The highest BCUT2D eigenvalue weighted by Gasteiger charge is 2.23. The van der Waals surface area contributed by atoms with E-state index in [2.05, 4.69) is 15.5 Å². The second-order valence-corrected chi connectivity index (χ2v) is 6.39. The van der Waals surface area contributed by atoms with Gasteiger partial charge in [0.15, 0.2) is 0 Å². The maximum Gasteiger partial charge on any atom is 0.247 e. The molecular formula is C23H19N3O2. The second kappa shape index (κ2) is 8.31. The van der Waals surface area contributed by atoms with Gasteiger partial charge in [-0.15, -0.1) is 10.2 Å². The van der Waals surface area contributed by atoms with E-state index in [1.807, 2.05) is 91.0 Å². The molecule has 0 bridgehead atoms. The van der Waals surface area contributed by atoms with Gasteiger partial charge in [-0.25, -0.2) is 0 Å². The molecule has 0 fully saturated rings. The average molecular weight is 369 g/mol. The summed E-state index contributed by atoms with van der Waals surface area (Å²) in [6.07, 6.45) is 0.282. The topological polar surface area (TPSA) is 68.0 Å². The summed E-state index contributed by atoms with van der Waals surface area (Å²) in [5, 5.41) is 11.4. The highest BCUT2D eigenvalue weighted by molar-refractivity contribution is 5.79. The van der Waals surface area contributed by atoms with E-state index >= 15 is 0 Å². The van der Waals surface area contributed by atoms with Crippen molar-refractivity contribution in [3.8, 4) is 11.5 Å². The van der Waals surface area contributed by atoms with Crippen molar-refractivity contribution in [2.45, 2.75) is 12.5 Å². The molecule has 0 radical (unpaired) electrons. The lowest BCUT2D eigenvalue weighted by Gasteiger charge is -2.15. The summed E-state index contributed by atoms with van der Waals surface area (Å²) in [5.74, 6) is 0.666. The van der Waals surface area contributed by atoms with Crippen LogP contribution in [0.1, 0.15) is 23.1 Å². The Labute approximate surface area is 163 Å². The molecule has 0 saturated carbocycles.